The normalized spacial score (nSPS) is 12.1. The Labute approximate surface area is 149 Å². The molecule has 0 saturated heterocycles. The number of pyridine rings is 1. The van der Waals surface area contributed by atoms with Crippen LogP contribution in [0.1, 0.15) is 43.1 Å². The molecule has 1 aromatic heterocycles. The van der Waals surface area contributed by atoms with Crippen molar-refractivity contribution in [2.45, 2.75) is 39.7 Å². The molecule has 0 bridgehead atoms. The van der Waals surface area contributed by atoms with Crippen molar-refractivity contribution in [3.8, 4) is 11.3 Å². The van der Waals surface area contributed by atoms with Crippen molar-refractivity contribution >= 4 is 16.8 Å². The Kier molecular flexibility index (Phi) is 5.13. The minimum absolute atomic E-state index is 0.0121. The summed E-state index contributed by atoms with van der Waals surface area (Å²) >= 11 is 0. The average molecular weight is 332 g/mol. The van der Waals surface area contributed by atoms with Gasteiger partial charge in [0.05, 0.1) is 16.8 Å². The summed E-state index contributed by atoms with van der Waals surface area (Å²) in [5.41, 5.74) is 4.56. The van der Waals surface area contributed by atoms with Crippen molar-refractivity contribution < 1.29 is 4.79 Å². The van der Waals surface area contributed by atoms with Crippen LogP contribution in [0.25, 0.3) is 22.2 Å². The van der Waals surface area contributed by atoms with Gasteiger partial charge in [-0.05, 0) is 31.4 Å². The fraction of sp³-hybridized carbons (Fsp3) is 0.273. The number of aromatic nitrogens is 1. The van der Waals surface area contributed by atoms with Gasteiger partial charge in [-0.3, -0.25) is 4.79 Å². The first-order valence-corrected chi connectivity index (χ1v) is 8.93. The zero-order valence-corrected chi connectivity index (χ0v) is 15.0. The van der Waals surface area contributed by atoms with Crippen molar-refractivity contribution in [3.63, 3.8) is 0 Å². The molecule has 128 valence electrons. The van der Waals surface area contributed by atoms with E-state index in [1.54, 1.807) is 0 Å². The Morgan fingerprint density at radius 2 is 1.72 bits per heavy atom. The molecule has 25 heavy (non-hydrogen) atoms. The highest BCUT2D eigenvalue weighted by Crippen LogP contribution is 2.30. The van der Waals surface area contributed by atoms with Gasteiger partial charge in [0.1, 0.15) is 0 Å². The van der Waals surface area contributed by atoms with Crippen LogP contribution in [-0.2, 0) is 6.42 Å². The molecule has 0 aliphatic heterocycles. The maximum Gasteiger partial charge on any atom is 0.252 e. The third kappa shape index (κ3) is 3.41. The van der Waals surface area contributed by atoms with Crippen molar-refractivity contribution in [2.75, 3.05) is 0 Å². The van der Waals surface area contributed by atoms with Crippen LogP contribution >= 0.6 is 0 Å². The molecule has 0 saturated carbocycles. The van der Waals surface area contributed by atoms with Crippen LogP contribution < -0.4 is 5.32 Å². The Balaban J connectivity index is 2.27. The molecule has 0 aliphatic carbocycles. The number of fused-ring (bicyclic) bond motifs is 1. The number of nitrogens with zero attached hydrogens (tertiary/aromatic N) is 1. The number of para-hydroxylation sites is 1. The summed E-state index contributed by atoms with van der Waals surface area (Å²) in [6, 6.07) is 18.1. The summed E-state index contributed by atoms with van der Waals surface area (Å²) in [5.74, 6) is -0.0121. The predicted molar refractivity (Wildman–Crippen MR) is 104 cm³/mol. The van der Waals surface area contributed by atoms with E-state index in [0.717, 1.165) is 46.1 Å². The van der Waals surface area contributed by atoms with Crippen LogP contribution in [0.4, 0.5) is 0 Å². The minimum atomic E-state index is -0.0121. The first-order chi connectivity index (χ1) is 12.2. The van der Waals surface area contributed by atoms with Crippen LogP contribution in [0.2, 0.25) is 0 Å². The van der Waals surface area contributed by atoms with E-state index in [1.165, 1.54) is 0 Å². The summed E-state index contributed by atoms with van der Waals surface area (Å²) in [5, 5.41) is 4.04. The van der Waals surface area contributed by atoms with Crippen LogP contribution in [0, 0.1) is 0 Å². The number of hydrogen-bond acceptors (Lipinski definition) is 2. The fourth-order valence-electron chi connectivity index (χ4n) is 3.09. The molecule has 0 aliphatic rings. The smallest absolute Gasteiger partial charge is 0.252 e. The topological polar surface area (TPSA) is 42.0 Å². The van der Waals surface area contributed by atoms with E-state index >= 15 is 0 Å². The predicted octanol–water partition coefficient (Wildman–Crippen LogP) is 4.99. The molecule has 3 heteroatoms. The van der Waals surface area contributed by atoms with Crippen LogP contribution in [0.3, 0.4) is 0 Å². The standard InChI is InChI=1S/C22H24N2O/c1-4-15(3)23-22(25)20-17(5-2)21(16-11-7-6-8-12-16)24-19-14-10-9-13-18(19)20/h6-15H,4-5H2,1-3H3,(H,23,25)/t15-/m1/s1. The van der Waals surface area contributed by atoms with Crippen LogP contribution in [0.5, 0.6) is 0 Å². The number of benzene rings is 2. The molecule has 0 fully saturated rings. The Morgan fingerprint density at radius 3 is 2.40 bits per heavy atom. The van der Waals surface area contributed by atoms with Crippen molar-refractivity contribution in [1.82, 2.24) is 10.3 Å². The number of nitrogens with one attached hydrogen (secondary N) is 1. The zero-order valence-electron chi connectivity index (χ0n) is 15.0. The van der Waals surface area contributed by atoms with Crippen molar-refractivity contribution in [1.29, 1.82) is 0 Å². The first-order valence-electron chi connectivity index (χ1n) is 8.93. The van der Waals surface area contributed by atoms with Crippen LogP contribution in [-0.4, -0.2) is 16.9 Å². The van der Waals surface area contributed by atoms with E-state index < -0.39 is 0 Å². The highest BCUT2D eigenvalue weighted by Gasteiger charge is 2.21. The molecule has 3 rings (SSSR count). The molecule has 1 atom stereocenters. The molecular weight excluding hydrogens is 308 g/mol. The number of rotatable bonds is 5. The molecule has 1 amide bonds. The number of carbonyl (C=O) groups is 1. The second-order valence-electron chi connectivity index (χ2n) is 6.33. The number of carbonyl (C=O) groups excluding carboxylic acids is 1. The zero-order chi connectivity index (χ0) is 17.8. The van der Waals surface area contributed by atoms with Gasteiger partial charge >= 0.3 is 0 Å². The van der Waals surface area contributed by atoms with Gasteiger partial charge in [0.15, 0.2) is 0 Å². The van der Waals surface area contributed by atoms with Crippen molar-refractivity contribution in [3.05, 3.63) is 65.7 Å². The van der Waals surface area contributed by atoms with Gasteiger partial charge < -0.3 is 5.32 Å². The van der Waals surface area contributed by atoms with Gasteiger partial charge in [-0.1, -0.05) is 62.4 Å². The second-order valence-corrected chi connectivity index (χ2v) is 6.33. The molecule has 0 radical (unpaired) electrons. The van der Waals surface area contributed by atoms with Gasteiger partial charge in [0.25, 0.3) is 5.91 Å². The Bertz CT molecular complexity index is 887. The molecule has 1 heterocycles. The van der Waals surface area contributed by atoms with Gasteiger partial charge in [-0.25, -0.2) is 4.98 Å². The molecule has 0 unspecified atom stereocenters. The molecule has 3 nitrogen and oxygen atoms in total. The molecular formula is C22H24N2O. The van der Waals surface area contributed by atoms with Crippen LogP contribution in [0.15, 0.2) is 54.6 Å². The summed E-state index contributed by atoms with van der Waals surface area (Å²) in [6.07, 6.45) is 1.66. The largest absolute Gasteiger partial charge is 0.350 e. The monoisotopic (exact) mass is 332 g/mol. The molecule has 2 aromatic carbocycles. The van der Waals surface area contributed by atoms with E-state index in [4.69, 9.17) is 4.98 Å². The molecule has 1 N–H and O–H groups in total. The quantitative estimate of drug-likeness (QED) is 0.715. The maximum absolute atomic E-state index is 13.1. The average Bonchev–Trinajstić information content (AvgIpc) is 2.66. The van der Waals surface area contributed by atoms with Crippen molar-refractivity contribution in [2.24, 2.45) is 0 Å². The maximum atomic E-state index is 13.1. The van der Waals surface area contributed by atoms with E-state index in [1.807, 2.05) is 61.5 Å². The third-order valence-electron chi connectivity index (χ3n) is 4.61. The second kappa shape index (κ2) is 7.47. The Morgan fingerprint density at radius 1 is 1.04 bits per heavy atom. The minimum Gasteiger partial charge on any atom is -0.350 e. The number of amides is 1. The number of hydrogen-bond donors (Lipinski definition) is 1. The highest BCUT2D eigenvalue weighted by molar-refractivity contribution is 6.09. The van der Waals surface area contributed by atoms with E-state index in [-0.39, 0.29) is 11.9 Å². The molecule has 3 aromatic rings. The van der Waals surface area contributed by atoms with Gasteiger partial charge in [-0.2, -0.15) is 0 Å². The van der Waals surface area contributed by atoms with E-state index in [9.17, 15) is 4.79 Å². The SMILES string of the molecule is CCc1c(-c2ccccc2)nc2ccccc2c1C(=O)N[C@H](C)CC. The van der Waals surface area contributed by atoms with E-state index in [2.05, 4.69) is 19.2 Å². The third-order valence-corrected chi connectivity index (χ3v) is 4.61. The summed E-state index contributed by atoms with van der Waals surface area (Å²) < 4.78 is 0. The summed E-state index contributed by atoms with van der Waals surface area (Å²) in [6.45, 7) is 6.19. The van der Waals surface area contributed by atoms with Gasteiger partial charge in [0, 0.05) is 17.0 Å². The molecule has 0 spiro atoms. The fourth-order valence-corrected chi connectivity index (χ4v) is 3.09. The van der Waals surface area contributed by atoms with E-state index in [0.29, 0.717) is 0 Å². The Hall–Kier alpha value is -2.68. The first kappa shape index (κ1) is 17.2. The van der Waals surface area contributed by atoms with Gasteiger partial charge in [0.2, 0.25) is 0 Å². The summed E-state index contributed by atoms with van der Waals surface area (Å²) in [4.78, 5) is 17.9. The lowest BCUT2D eigenvalue weighted by Gasteiger charge is -2.18. The lowest BCUT2D eigenvalue weighted by molar-refractivity contribution is 0.0940. The lowest BCUT2D eigenvalue weighted by Crippen LogP contribution is -2.33. The summed E-state index contributed by atoms with van der Waals surface area (Å²) in [7, 11) is 0. The lowest BCUT2D eigenvalue weighted by atomic mass is 9.94. The van der Waals surface area contributed by atoms with Gasteiger partial charge in [-0.15, -0.1) is 0 Å². The highest BCUT2D eigenvalue weighted by atomic mass is 16.1.